The molecule has 0 aliphatic carbocycles. The molecule has 0 spiro atoms. The predicted molar refractivity (Wildman–Crippen MR) is 103 cm³/mol. The fraction of sp³-hybridized carbons (Fsp3) is 0.500. The fourth-order valence-corrected chi connectivity index (χ4v) is 3.45. The van der Waals surface area contributed by atoms with Crippen LogP contribution < -0.4 is 11.1 Å². The number of aromatic nitrogens is 2. The Morgan fingerprint density at radius 3 is 2.92 bits per heavy atom. The van der Waals surface area contributed by atoms with Crippen LogP contribution in [-0.2, 0) is 4.79 Å². The molecule has 0 radical (unpaired) electrons. The number of nitrogens with one attached hydrogen (secondary N) is 2. The molecular weight excluding hydrogens is 354 g/mol. The summed E-state index contributed by atoms with van der Waals surface area (Å²) in [6.07, 6.45) is 2.24. The van der Waals surface area contributed by atoms with Crippen LogP contribution in [0.4, 0.5) is 0 Å². The zero-order valence-electron chi connectivity index (χ0n) is 14.9. The van der Waals surface area contributed by atoms with Crippen LogP contribution in [0, 0.1) is 5.92 Å². The molecule has 1 fully saturated rings. The fourth-order valence-electron chi connectivity index (χ4n) is 3.45. The minimum absolute atomic E-state index is 0. The number of nitrogens with two attached hydrogens (primary N) is 1. The summed E-state index contributed by atoms with van der Waals surface area (Å²) < 4.78 is 0. The van der Waals surface area contributed by atoms with Crippen molar-refractivity contribution in [3.63, 3.8) is 0 Å². The number of hydrogen-bond donors (Lipinski definition) is 3. The number of rotatable bonds is 5. The predicted octanol–water partition coefficient (Wildman–Crippen LogP) is 1.69. The van der Waals surface area contributed by atoms with Crippen molar-refractivity contribution in [2.24, 2.45) is 11.7 Å². The van der Waals surface area contributed by atoms with Gasteiger partial charge in [-0.25, -0.2) is 0 Å². The molecule has 2 unspecified atom stereocenters. The van der Waals surface area contributed by atoms with Crippen molar-refractivity contribution >= 4 is 35.1 Å². The van der Waals surface area contributed by atoms with Crippen molar-refractivity contribution in [1.29, 1.82) is 0 Å². The van der Waals surface area contributed by atoms with Crippen molar-refractivity contribution in [3.05, 3.63) is 30.0 Å². The van der Waals surface area contributed by atoms with Crippen LogP contribution in [0.3, 0.4) is 0 Å². The quantitative estimate of drug-likeness (QED) is 0.735. The van der Waals surface area contributed by atoms with E-state index in [1.165, 1.54) is 0 Å². The van der Waals surface area contributed by atoms with Gasteiger partial charge in [0.1, 0.15) is 0 Å². The summed E-state index contributed by atoms with van der Waals surface area (Å²) in [5.74, 6) is 0.382. The second-order valence-electron chi connectivity index (χ2n) is 6.73. The molecule has 26 heavy (non-hydrogen) atoms. The van der Waals surface area contributed by atoms with E-state index in [2.05, 4.69) is 22.4 Å². The van der Waals surface area contributed by atoms with Crippen LogP contribution >= 0.6 is 12.4 Å². The minimum atomic E-state index is -0.270. The first kappa shape index (κ1) is 20.2. The van der Waals surface area contributed by atoms with Crippen molar-refractivity contribution in [2.75, 3.05) is 19.6 Å². The van der Waals surface area contributed by atoms with E-state index < -0.39 is 0 Å². The number of H-pyrrole nitrogens is 1. The topological polar surface area (TPSA) is 104 Å². The van der Waals surface area contributed by atoms with E-state index in [9.17, 15) is 9.59 Å². The monoisotopic (exact) mass is 379 g/mol. The summed E-state index contributed by atoms with van der Waals surface area (Å²) in [7, 11) is 0. The Morgan fingerprint density at radius 1 is 1.38 bits per heavy atom. The zero-order valence-corrected chi connectivity index (χ0v) is 15.7. The molecule has 1 aliphatic heterocycles. The molecule has 1 saturated heterocycles. The van der Waals surface area contributed by atoms with Gasteiger partial charge in [-0.15, -0.1) is 12.4 Å². The number of amides is 2. The van der Waals surface area contributed by atoms with Gasteiger partial charge in [-0.1, -0.05) is 25.1 Å². The average Bonchev–Trinajstić information content (AvgIpc) is 3.05. The first-order valence-electron chi connectivity index (χ1n) is 8.81. The van der Waals surface area contributed by atoms with Crippen molar-refractivity contribution < 1.29 is 9.59 Å². The first-order chi connectivity index (χ1) is 12.1. The Bertz CT molecular complexity index is 763. The number of hydrogen-bond acceptors (Lipinski definition) is 4. The number of halogens is 1. The Balaban J connectivity index is 0.00000243. The van der Waals surface area contributed by atoms with Gasteiger partial charge < -0.3 is 16.0 Å². The van der Waals surface area contributed by atoms with Crippen LogP contribution in [0.5, 0.6) is 0 Å². The second-order valence-corrected chi connectivity index (χ2v) is 6.73. The van der Waals surface area contributed by atoms with Crippen molar-refractivity contribution in [1.82, 2.24) is 20.4 Å². The average molecular weight is 380 g/mol. The highest BCUT2D eigenvalue weighted by Gasteiger charge is 2.28. The third kappa shape index (κ3) is 4.34. The summed E-state index contributed by atoms with van der Waals surface area (Å²) in [6, 6.07) is 7.57. The van der Waals surface area contributed by atoms with Gasteiger partial charge in [0.15, 0.2) is 5.69 Å². The van der Waals surface area contributed by atoms with Gasteiger partial charge in [0, 0.05) is 37.5 Å². The summed E-state index contributed by atoms with van der Waals surface area (Å²) in [5.41, 5.74) is 6.98. The standard InChI is InChI=1S/C18H25N5O2.ClH/c1-12-7-9-23(13(10-12)11-19)16(24)6-8-20-18(25)17-14-4-2-3-5-15(14)21-22-17;/h2-5,12-13H,6-11,19H2,1H3,(H,20,25)(H,21,22);1H. The molecule has 0 bridgehead atoms. The van der Waals surface area contributed by atoms with Crippen LogP contribution in [0.25, 0.3) is 10.9 Å². The third-order valence-corrected chi connectivity index (χ3v) is 4.88. The maximum atomic E-state index is 12.5. The highest BCUT2D eigenvalue weighted by atomic mass is 35.5. The molecule has 2 heterocycles. The maximum Gasteiger partial charge on any atom is 0.272 e. The third-order valence-electron chi connectivity index (χ3n) is 4.88. The number of carbonyl (C=O) groups is 2. The number of para-hydroxylation sites is 1. The lowest BCUT2D eigenvalue weighted by atomic mass is 9.92. The Labute approximate surface area is 159 Å². The van der Waals surface area contributed by atoms with Gasteiger partial charge in [0.2, 0.25) is 5.91 Å². The van der Waals surface area contributed by atoms with E-state index in [0.717, 1.165) is 30.3 Å². The Kier molecular flexibility index (Phi) is 6.99. The molecule has 3 rings (SSSR count). The van der Waals surface area contributed by atoms with Gasteiger partial charge >= 0.3 is 0 Å². The number of nitrogens with zero attached hydrogens (tertiary/aromatic N) is 2. The van der Waals surface area contributed by atoms with E-state index in [1.54, 1.807) is 0 Å². The molecule has 1 aromatic carbocycles. The normalized spacial score (nSPS) is 19.8. The van der Waals surface area contributed by atoms with E-state index >= 15 is 0 Å². The summed E-state index contributed by atoms with van der Waals surface area (Å²) in [6.45, 7) is 3.72. The molecule has 4 N–H and O–H groups in total. The highest BCUT2D eigenvalue weighted by Crippen LogP contribution is 2.22. The van der Waals surface area contributed by atoms with Crippen LogP contribution in [0.15, 0.2) is 24.3 Å². The lowest BCUT2D eigenvalue weighted by Crippen LogP contribution is -2.49. The maximum absolute atomic E-state index is 12.5. The SMILES string of the molecule is CC1CCN(C(=O)CCNC(=O)c2n[nH]c3ccccc23)C(CN)C1.Cl. The summed E-state index contributed by atoms with van der Waals surface area (Å²) in [5, 5.41) is 10.5. The summed E-state index contributed by atoms with van der Waals surface area (Å²) in [4.78, 5) is 26.6. The van der Waals surface area contributed by atoms with Gasteiger partial charge in [-0.2, -0.15) is 5.10 Å². The highest BCUT2D eigenvalue weighted by molar-refractivity contribution is 6.04. The number of piperidine rings is 1. The van der Waals surface area contributed by atoms with Crippen LogP contribution in [0.2, 0.25) is 0 Å². The molecule has 7 nitrogen and oxygen atoms in total. The largest absolute Gasteiger partial charge is 0.350 e. The van der Waals surface area contributed by atoms with E-state index in [1.807, 2.05) is 29.2 Å². The van der Waals surface area contributed by atoms with Crippen LogP contribution in [0.1, 0.15) is 36.7 Å². The van der Waals surface area contributed by atoms with E-state index in [-0.39, 0.29) is 36.7 Å². The van der Waals surface area contributed by atoms with Crippen molar-refractivity contribution in [3.8, 4) is 0 Å². The molecule has 8 heteroatoms. The Hall–Kier alpha value is -2.12. The molecule has 1 aliphatic rings. The first-order valence-corrected chi connectivity index (χ1v) is 8.81. The van der Waals surface area contributed by atoms with Crippen LogP contribution in [-0.4, -0.2) is 52.6 Å². The molecule has 1 aromatic heterocycles. The molecule has 2 atom stereocenters. The lowest BCUT2D eigenvalue weighted by Gasteiger charge is -2.38. The van der Waals surface area contributed by atoms with Gasteiger partial charge in [0.25, 0.3) is 5.91 Å². The molecule has 2 aromatic rings. The molecule has 0 saturated carbocycles. The van der Waals surface area contributed by atoms with Gasteiger partial charge in [-0.3, -0.25) is 14.7 Å². The van der Waals surface area contributed by atoms with Gasteiger partial charge in [0.05, 0.1) is 5.52 Å². The number of fused-ring (bicyclic) bond motifs is 1. The molecular formula is C18H26ClN5O2. The zero-order chi connectivity index (χ0) is 17.8. The molecule has 142 valence electrons. The minimum Gasteiger partial charge on any atom is -0.350 e. The van der Waals surface area contributed by atoms with E-state index in [4.69, 9.17) is 5.73 Å². The smallest absolute Gasteiger partial charge is 0.272 e. The summed E-state index contributed by atoms with van der Waals surface area (Å²) >= 11 is 0. The molecule has 2 amide bonds. The van der Waals surface area contributed by atoms with Gasteiger partial charge in [-0.05, 0) is 24.8 Å². The lowest BCUT2D eigenvalue weighted by molar-refractivity contribution is -0.135. The van der Waals surface area contributed by atoms with Crippen molar-refractivity contribution in [2.45, 2.75) is 32.2 Å². The number of carbonyl (C=O) groups excluding carboxylic acids is 2. The Morgan fingerprint density at radius 2 is 2.15 bits per heavy atom. The van der Waals surface area contributed by atoms with E-state index in [0.29, 0.717) is 24.7 Å². The number of likely N-dealkylation sites (tertiary alicyclic amines) is 1. The second kappa shape index (κ2) is 9.00. The number of benzene rings is 1. The number of aromatic amines is 1.